The topological polar surface area (TPSA) is 17.8 Å². The summed E-state index contributed by atoms with van der Waals surface area (Å²) in [6.45, 7) is 5.94. The minimum absolute atomic E-state index is 0.729. The van der Waals surface area contributed by atoms with E-state index < -0.39 is 0 Å². The standard InChI is InChI=1S/C12H12BrClN2/c1-7-4-5-11(10(13)6-7)16-9(3)12(14)8(2)15-16/h4-6H,1-3H3. The molecule has 0 aliphatic carbocycles. The third-order valence-electron chi connectivity index (χ3n) is 2.53. The van der Waals surface area contributed by atoms with Crippen molar-refractivity contribution in [2.75, 3.05) is 0 Å². The maximum Gasteiger partial charge on any atom is 0.0848 e. The Balaban J connectivity index is 2.63. The van der Waals surface area contributed by atoms with Gasteiger partial charge in [0.05, 0.1) is 22.1 Å². The first kappa shape index (κ1) is 11.7. The van der Waals surface area contributed by atoms with E-state index in [1.807, 2.05) is 24.6 Å². The summed E-state index contributed by atoms with van der Waals surface area (Å²) in [6, 6.07) is 6.17. The van der Waals surface area contributed by atoms with Crippen LogP contribution in [-0.2, 0) is 0 Å². The first-order chi connectivity index (χ1) is 7.50. The van der Waals surface area contributed by atoms with Crippen LogP contribution >= 0.6 is 27.5 Å². The maximum atomic E-state index is 6.13. The Morgan fingerprint density at radius 2 is 1.94 bits per heavy atom. The fraction of sp³-hybridized carbons (Fsp3) is 0.250. The van der Waals surface area contributed by atoms with Crippen molar-refractivity contribution in [2.24, 2.45) is 0 Å². The van der Waals surface area contributed by atoms with Crippen molar-refractivity contribution in [1.82, 2.24) is 9.78 Å². The van der Waals surface area contributed by atoms with Crippen LogP contribution in [0.25, 0.3) is 5.69 Å². The van der Waals surface area contributed by atoms with Gasteiger partial charge in [0.1, 0.15) is 0 Å². The van der Waals surface area contributed by atoms with E-state index >= 15 is 0 Å². The first-order valence-corrected chi connectivity index (χ1v) is 6.16. The van der Waals surface area contributed by atoms with E-state index in [9.17, 15) is 0 Å². The zero-order valence-corrected chi connectivity index (χ0v) is 11.7. The number of halogens is 2. The lowest BCUT2D eigenvalue weighted by Crippen LogP contribution is -2.00. The molecule has 0 fully saturated rings. The highest BCUT2D eigenvalue weighted by molar-refractivity contribution is 9.10. The lowest BCUT2D eigenvalue weighted by atomic mass is 10.2. The monoisotopic (exact) mass is 298 g/mol. The van der Waals surface area contributed by atoms with E-state index in [1.54, 1.807) is 0 Å². The number of aryl methyl sites for hydroxylation is 2. The fourth-order valence-corrected chi connectivity index (χ4v) is 2.42. The summed E-state index contributed by atoms with van der Waals surface area (Å²) >= 11 is 9.68. The van der Waals surface area contributed by atoms with Crippen LogP contribution in [0.2, 0.25) is 5.02 Å². The highest BCUT2D eigenvalue weighted by atomic mass is 79.9. The molecule has 1 aromatic carbocycles. The molecule has 0 atom stereocenters. The van der Waals surface area contributed by atoms with Gasteiger partial charge in [0.15, 0.2) is 0 Å². The number of hydrogen-bond donors (Lipinski definition) is 0. The molecule has 1 heterocycles. The van der Waals surface area contributed by atoms with Crippen molar-refractivity contribution >= 4 is 27.5 Å². The zero-order valence-electron chi connectivity index (χ0n) is 9.38. The number of hydrogen-bond acceptors (Lipinski definition) is 1. The van der Waals surface area contributed by atoms with Crippen molar-refractivity contribution < 1.29 is 0 Å². The molecule has 16 heavy (non-hydrogen) atoms. The van der Waals surface area contributed by atoms with Crippen molar-refractivity contribution in [2.45, 2.75) is 20.8 Å². The van der Waals surface area contributed by atoms with Gasteiger partial charge in [-0.3, -0.25) is 0 Å². The molecular weight excluding hydrogens is 288 g/mol. The zero-order chi connectivity index (χ0) is 11.9. The molecule has 0 bridgehead atoms. The summed E-state index contributed by atoms with van der Waals surface area (Å²) < 4.78 is 2.89. The second-order valence-electron chi connectivity index (χ2n) is 3.85. The Morgan fingerprint density at radius 3 is 2.44 bits per heavy atom. The molecule has 4 heteroatoms. The van der Waals surface area contributed by atoms with E-state index in [2.05, 4.69) is 40.1 Å². The molecule has 0 saturated heterocycles. The van der Waals surface area contributed by atoms with Gasteiger partial charge in [-0.15, -0.1) is 0 Å². The summed E-state index contributed by atoms with van der Waals surface area (Å²) in [5.74, 6) is 0. The quantitative estimate of drug-likeness (QED) is 0.771. The van der Waals surface area contributed by atoms with E-state index in [-0.39, 0.29) is 0 Å². The number of benzene rings is 1. The van der Waals surface area contributed by atoms with Crippen LogP contribution < -0.4 is 0 Å². The average molecular weight is 300 g/mol. The first-order valence-electron chi connectivity index (χ1n) is 4.99. The Morgan fingerprint density at radius 1 is 1.25 bits per heavy atom. The number of aromatic nitrogens is 2. The molecule has 84 valence electrons. The van der Waals surface area contributed by atoms with Gasteiger partial charge < -0.3 is 0 Å². The summed E-state index contributed by atoms with van der Waals surface area (Å²) in [7, 11) is 0. The molecule has 2 nitrogen and oxygen atoms in total. The summed E-state index contributed by atoms with van der Waals surface area (Å²) in [6.07, 6.45) is 0. The Labute approximate surface area is 108 Å². The lowest BCUT2D eigenvalue weighted by Gasteiger charge is -2.07. The van der Waals surface area contributed by atoms with Crippen molar-refractivity contribution in [3.05, 3.63) is 44.6 Å². The number of nitrogens with zero attached hydrogens (tertiary/aromatic N) is 2. The number of rotatable bonds is 1. The average Bonchev–Trinajstić information content (AvgIpc) is 2.46. The largest absolute Gasteiger partial charge is 0.235 e. The molecule has 0 aliphatic rings. The van der Waals surface area contributed by atoms with Crippen LogP contribution in [0.4, 0.5) is 0 Å². The molecule has 2 aromatic rings. The van der Waals surface area contributed by atoms with Gasteiger partial charge in [0.2, 0.25) is 0 Å². The van der Waals surface area contributed by atoms with Crippen LogP contribution in [0.5, 0.6) is 0 Å². The second kappa shape index (κ2) is 4.22. The fourth-order valence-electron chi connectivity index (χ4n) is 1.64. The Kier molecular flexibility index (Phi) is 3.08. The minimum Gasteiger partial charge on any atom is -0.235 e. The minimum atomic E-state index is 0.729. The molecular formula is C12H12BrClN2. The highest BCUT2D eigenvalue weighted by Crippen LogP contribution is 2.27. The molecule has 1 aromatic heterocycles. The molecule has 0 radical (unpaired) electrons. The molecule has 0 aliphatic heterocycles. The third-order valence-corrected chi connectivity index (χ3v) is 3.72. The van der Waals surface area contributed by atoms with Gasteiger partial charge >= 0.3 is 0 Å². The van der Waals surface area contributed by atoms with E-state index in [0.29, 0.717) is 0 Å². The van der Waals surface area contributed by atoms with E-state index in [0.717, 1.165) is 26.6 Å². The SMILES string of the molecule is Cc1ccc(-n2nc(C)c(Cl)c2C)c(Br)c1. The molecule has 0 N–H and O–H groups in total. The predicted octanol–water partition coefficient (Wildman–Crippen LogP) is 4.21. The lowest BCUT2D eigenvalue weighted by molar-refractivity contribution is 0.829. The molecule has 0 saturated carbocycles. The van der Waals surface area contributed by atoms with Crippen LogP contribution in [0.1, 0.15) is 17.0 Å². The van der Waals surface area contributed by atoms with Crippen molar-refractivity contribution in [3.8, 4) is 5.69 Å². The van der Waals surface area contributed by atoms with Crippen LogP contribution in [0.15, 0.2) is 22.7 Å². The highest BCUT2D eigenvalue weighted by Gasteiger charge is 2.12. The van der Waals surface area contributed by atoms with Crippen molar-refractivity contribution in [3.63, 3.8) is 0 Å². The Hall–Kier alpha value is -0.800. The summed E-state index contributed by atoms with van der Waals surface area (Å²) in [4.78, 5) is 0. The normalized spacial score (nSPS) is 10.8. The van der Waals surface area contributed by atoms with Gasteiger partial charge in [0.25, 0.3) is 0 Å². The molecule has 0 spiro atoms. The van der Waals surface area contributed by atoms with E-state index in [4.69, 9.17) is 11.6 Å². The van der Waals surface area contributed by atoms with Gasteiger partial charge in [-0.25, -0.2) is 4.68 Å². The predicted molar refractivity (Wildman–Crippen MR) is 70.5 cm³/mol. The Bertz CT molecular complexity index is 546. The molecule has 2 rings (SSSR count). The van der Waals surface area contributed by atoms with Gasteiger partial charge in [-0.1, -0.05) is 17.7 Å². The third kappa shape index (κ3) is 1.89. The van der Waals surface area contributed by atoms with Crippen LogP contribution in [-0.4, -0.2) is 9.78 Å². The van der Waals surface area contributed by atoms with Gasteiger partial charge in [-0.05, 0) is 54.4 Å². The summed E-state index contributed by atoms with van der Waals surface area (Å²) in [5, 5.41) is 5.15. The van der Waals surface area contributed by atoms with E-state index in [1.165, 1.54) is 5.56 Å². The van der Waals surface area contributed by atoms with Crippen LogP contribution in [0.3, 0.4) is 0 Å². The molecule has 0 unspecified atom stereocenters. The van der Waals surface area contributed by atoms with Crippen LogP contribution in [0, 0.1) is 20.8 Å². The maximum absolute atomic E-state index is 6.13. The smallest absolute Gasteiger partial charge is 0.0848 e. The summed E-state index contributed by atoms with van der Waals surface area (Å²) in [5.41, 5.74) is 4.04. The van der Waals surface area contributed by atoms with Gasteiger partial charge in [0, 0.05) is 4.47 Å². The van der Waals surface area contributed by atoms with Gasteiger partial charge in [-0.2, -0.15) is 5.10 Å². The second-order valence-corrected chi connectivity index (χ2v) is 5.08. The van der Waals surface area contributed by atoms with Crippen molar-refractivity contribution in [1.29, 1.82) is 0 Å². The molecule has 0 amide bonds.